The van der Waals surface area contributed by atoms with Crippen LogP contribution in [0.1, 0.15) is 22.3 Å². The van der Waals surface area contributed by atoms with Crippen LogP contribution >= 0.6 is 0 Å². The van der Waals surface area contributed by atoms with E-state index in [0.717, 1.165) is 0 Å². The fraction of sp³-hybridized carbons (Fsp3) is 0.200. The maximum absolute atomic E-state index is 11.3. The monoisotopic (exact) mass is 174 g/mol. The van der Waals surface area contributed by atoms with Crippen molar-refractivity contribution in [2.24, 2.45) is 5.73 Å². The van der Waals surface area contributed by atoms with Crippen LogP contribution in [-0.4, -0.2) is 12.3 Å². The molecule has 13 heavy (non-hydrogen) atoms. The predicted molar refractivity (Wildman–Crippen MR) is 49.2 cm³/mol. The van der Waals surface area contributed by atoms with E-state index < -0.39 is 0 Å². The van der Waals surface area contributed by atoms with Crippen molar-refractivity contribution in [1.82, 2.24) is 0 Å². The predicted octanol–water partition coefficient (Wildman–Crippen LogP) is 1.09. The molecule has 0 aliphatic rings. The van der Waals surface area contributed by atoms with Crippen molar-refractivity contribution >= 4 is 5.78 Å². The second-order valence-corrected chi connectivity index (χ2v) is 2.65. The number of nitriles is 1. The molecule has 66 valence electrons. The molecule has 1 aromatic rings. The molecule has 1 rings (SSSR count). The first kappa shape index (κ1) is 9.43. The van der Waals surface area contributed by atoms with Crippen LogP contribution in [0, 0.1) is 11.3 Å². The van der Waals surface area contributed by atoms with E-state index in [4.69, 9.17) is 11.0 Å². The molecule has 0 radical (unpaired) electrons. The fourth-order valence-corrected chi connectivity index (χ4v) is 1.01. The Morgan fingerprint density at radius 2 is 2.00 bits per heavy atom. The third-order valence-corrected chi connectivity index (χ3v) is 1.71. The van der Waals surface area contributed by atoms with Gasteiger partial charge in [0.05, 0.1) is 11.6 Å². The Kier molecular flexibility index (Phi) is 3.18. The number of ketones is 1. The lowest BCUT2D eigenvalue weighted by molar-refractivity contribution is 0.0985. The maximum atomic E-state index is 11.3. The molecule has 0 aromatic heterocycles. The van der Waals surface area contributed by atoms with Gasteiger partial charge >= 0.3 is 0 Å². The number of carbonyl (C=O) groups excluding carboxylic acids is 1. The quantitative estimate of drug-likeness (QED) is 0.697. The lowest BCUT2D eigenvalue weighted by Crippen LogP contribution is -2.07. The second-order valence-electron chi connectivity index (χ2n) is 2.65. The number of nitrogens with two attached hydrogens (primary N) is 1. The van der Waals surface area contributed by atoms with E-state index in [9.17, 15) is 4.79 Å². The van der Waals surface area contributed by atoms with Gasteiger partial charge in [-0.3, -0.25) is 4.79 Å². The molecule has 0 unspecified atom stereocenters. The summed E-state index contributed by atoms with van der Waals surface area (Å²) in [4.78, 5) is 11.3. The molecule has 0 amide bonds. The maximum Gasteiger partial charge on any atom is 0.164 e. The third-order valence-electron chi connectivity index (χ3n) is 1.71. The highest BCUT2D eigenvalue weighted by Crippen LogP contribution is 2.05. The van der Waals surface area contributed by atoms with Crippen molar-refractivity contribution in [2.75, 3.05) is 6.54 Å². The SMILES string of the molecule is N#Cc1ccc(C(=O)CCN)cc1. The molecular formula is C10H10N2O. The molecule has 0 atom stereocenters. The summed E-state index contributed by atoms with van der Waals surface area (Å²) in [5.74, 6) is 0.0204. The smallest absolute Gasteiger partial charge is 0.164 e. The molecule has 0 bridgehead atoms. The Morgan fingerprint density at radius 3 is 2.46 bits per heavy atom. The molecule has 0 saturated heterocycles. The summed E-state index contributed by atoms with van der Waals surface area (Å²) < 4.78 is 0. The normalized spacial score (nSPS) is 9.23. The van der Waals surface area contributed by atoms with Crippen LogP contribution in [0.15, 0.2) is 24.3 Å². The van der Waals surface area contributed by atoms with Crippen LogP contribution in [0.4, 0.5) is 0 Å². The number of benzene rings is 1. The lowest BCUT2D eigenvalue weighted by Gasteiger charge is -1.97. The number of Topliss-reactive ketones (excluding diaryl/α,β-unsaturated/α-hetero) is 1. The van der Waals surface area contributed by atoms with Gasteiger partial charge in [-0.05, 0) is 18.7 Å². The second kappa shape index (κ2) is 4.39. The van der Waals surface area contributed by atoms with Crippen molar-refractivity contribution in [3.05, 3.63) is 35.4 Å². The summed E-state index contributed by atoms with van der Waals surface area (Å²) in [5.41, 5.74) is 6.42. The minimum atomic E-state index is 0.0204. The van der Waals surface area contributed by atoms with Gasteiger partial charge in [0, 0.05) is 12.0 Å². The van der Waals surface area contributed by atoms with E-state index in [1.807, 2.05) is 6.07 Å². The van der Waals surface area contributed by atoms with Gasteiger partial charge in [-0.25, -0.2) is 0 Å². The van der Waals surface area contributed by atoms with Gasteiger partial charge in [0.15, 0.2) is 5.78 Å². The third kappa shape index (κ3) is 2.39. The van der Waals surface area contributed by atoms with Gasteiger partial charge in [-0.1, -0.05) is 12.1 Å². The minimum Gasteiger partial charge on any atom is -0.330 e. The number of carbonyl (C=O) groups is 1. The van der Waals surface area contributed by atoms with E-state index in [0.29, 0.717) is 24.1 Å². The van der Waals surface area contributed by atoms with E-state index in [2.05, 4.69) is 0 Å². The summed E-state index contributed by atoms with van der Waals surface area (Å²) in [6, 6.07) is 8.55. The molecule has 2 N–H and O–H groups in total. The lowest BCUT2D eigenvalue weighted by atomic mass is 10.1. The van der Waals surface area contributed by atoms with Crippen LogP contribution in [0.25, 0.3) is 0 Å². The van der Waals surface area contributed by atoms with Gasteiger partial charge in [-0.2, -0.15) is 5.26 Å². The van der Waals surface area contributed by atoms with Crippen molar-refractivity contribution < 1.29 is 4.79 Å². The summed E-state index contributed by atoms with van der Waals surface area (Å²) in [6.45, 7) is 0.360. The molecule has 0 saturated carbocycles. The highest BCUT2D eigenvalue weighted by Gasteiger charge is 2.03. The summed E-state index contributed by atoms with van der Waals surface area (Å²) in [6.07, 6.45) is 0.353. The first-order chi connectivity index (χ1) is 6.27. The van der Waals surface area contributed by atoms with E-state index in [1.54, 1.807) is 24.3 Å². The fourth-order valence-electron chi connectivity index (χ4n) is 1.01. The van der Waals surface area contributed by atoms with Gasteiger partial charge in [0.1, 0.15) is 0 Å². The highest BCUT2D eigenvalue weighted by atomic mass is 16.1. The molecule has 1 aromatic carbocycles. The van der Waals surface area contributed by atoms with Crippen LogP contribution in [0.5, 0.6) is 0 Å². The van der Waals surface area contributed by atoms with Crippen LogP contribution in [0.2, 0.25) is 0 Å². The highest BCUT2D eigenvalue weighted by molar-refractivity contribution is 5.96. The minimum absolute atomic E-state index is 0.0204. The zero-order chi connectivity index (χ0) is 9.68. The summed E-state index contributed by atoms with van der Waals surface area (Å²) in [5, 5.41) is 8.52. The zero-order valence-corrected chi connectivity index (χ0v) is 7.16. The van der Waals surface area contributed by atoms with Crippen molar-refractivity contribution in [3.8, 4) is 6.07 Å². The first-order valence-electron chi connectivity index (χ1n) is 4.01. The van der Waals surface area contributed by atoms with Crippen molar-refractivity contribution in [3.63, 3.8) is 0 Å². The summed E-state index contributed by atoms with van der Waals surface area (Å²) >= 11 is 0. The average Bonchev–Trinajstić information content (AvgIpc) is 2.18. The molecular weight excluding hydrogens is 164 g/mol. The number of nitrogens with zero attached hydrogens (tertiary/aromatic N) is 1. The molecule has 0 aliphatic carbocycles. The van der Waals surface area contributed by atoms with Gasteiger partial charge in [0.2, 0.25) is 0 Å². The Bertz CT molecular complexity index is 335. The Morgan fingerprint density at radius 1 is 1.38 bits per heavy atom. The molecule has 3 nitrogen and oxygen atoms in total. The molecule has 0 aliphatic heterocycles. The first-order valence-corrected chi connectivity index (χ1v) is 4.01. The average molecular weight is 174 g/mol. The Labute approximate surface area is 76.8 Å². The number of hydrogen-bond donors (Lipinski definition) is 1. The zero-order valence-electron chi connectivity index (χ0n) is 7.16. The Balaban J connectivity index is 2.81. The summed E-state index contributed by atoms with van der Waals surface area (Å²) in [7, 11) is 0. The van der Waals surface area contributed by atoms with E-state index in [1.165, 1.54) is 0 Å². The van der Waals surface area contributed by atoms with Gasteiger partial charge in [0.25, 0.3) is 0 Å². The largest absolute Gasteiger partial charge is 0.330 e. The van der Waals surface area contributed by atoms with Crippen molar-refractivity contribution in [2.45, 2.75) is 6.42 Å². The molecule has 0 spiro atoms. The number of hydrogen-bond acceptors (Lipinski definition) is 3. The topological polar surface area (TPSA) is 66.9 Å². The van der Waals surface area contributed by atoms with Gasteiger partial charge < -0.3 is 5.73 Å². The molecule has 0 heterocycles. The van der Waals surface area contributed by atoms with E-state index in [-0.39, 0.29) is 5.78 Å². The van der Waals surface area contributed by atoms with E-state index >= 15 is 0 Å². The molecule has 3 heteroatoms. The van der Waals surface area contributed by atoms with Crippen LogP contribution < -0.4 is 5.73 Å². The standard InChI is InChI=1S/C10H10N2O/c11-6-5-10(13)9-3-1-8(7-12)2-4-9/h1-4H,5-6,11H2. The van der Waals surface area contributed by atoms with Crippen LogP contribution in [-0.2, 0) is 0 Å². The van der Waals surface area contributed by atoms with Gasteiger partial charge in [-0.15, -0.1) is 0 Å². The Hall–Kier alpha value is -1.66. The van der Waals surface area contributed by atoms with Crippen LogP contribution in [0.3, 0.4) is 0 Å². The number of rotatable bonds is 3. The van der Waals surface area contributed by atoms with Crippen molar-refractivity contribution in [1.29, 1.82) is 5.26 Å². The molecule has 0 fully saturated rings.